The molecule has 0 aromatic heterocycles. The Morgan fingerprint density at radius 1 is 1.40 bits per heavy atom. The Kier molecular flexibility index (Phi) is 3.25. The lowest BCUT2D eigenvalue weighted by Gasteiger charge is -2.16. The molecule has 0 radical (unpaired) electrons. The summed E-state index contributed by atoms with van der Waals surface area (Å²) < 4.78 is 0. The van der Waals surface area contributed by atoms with Crippen LogP contribution in [0.4, 0.5) is 11.4 Å². The quantitative estimate of drug-likeness (QED) is 0.480. The van der Waals surface area contributed by atoms with Crippen molar-refractivity contribution in [1.82, 2.24) is 0 Å². The summed E-state index contributed by atoms with van der Waals surface area (Å²) in [5.41, 5.74) is -1.34. The number of ketones is 1. The van der Waals surface area contributed by atoms with Crippen molar-refractivity contribution >= 4 is 34.7 Å². The number of nitrogens with zero attached hydrogens (tertiary/aromatic N) is 2. The molecule has 1 aliphatic heterocycles. The van der Waals surface area contributed by atoms with Gasteiger partial charge in [-0.1, -0.05) is 11.2 Å². The Balaban J connectivity index is 2.51. The van der Waals surface area contributed by atoms with E-state index in [1.165, 1.54) is 12.1 Å². The summed E-state index contributed by atoms with van der Waals surface area (Å²) in [6, 6.07) is 3.75. The zero-order valence-corrected chi connectivity index (χ0v) is 10.1. The normalized spacial score (nSPS) is 15.6. The Labute approximate surface area is 111 Å². The van der Waals surface area contributed by atoms with Crippen molar-refractivity contribution in [2.45, 2.75) is 6.92 Å². The van der Waals surface area contributed by atoms with Crippen molar-refractivity contribution in [1.29, 1.82) is 0 Å². The molecule has 1 aromatic carbocycles. The molecule has 1 aromatic rings. The van der Waals surface area contributed by atoms with Crippen LogP contribution in [-0.2, 0) is 14.4 Å². The van der Waals surface area contributed by atoms with Crippen LogP contribution in [0.3, 0.4) is 0 Å². The highest BCUT2D eigenvalue weighted by Gasteiger charge is 2.35. The van der Waals surface area contributed by atoms with Crippen molar-refractivity contribution in [3.8, 4) is 0 Å². The third kappa shape index (κ3) is 2.23. The van der Waals surface area contributed by atoms with Crippen LogP contribution in [0.15, 0.2) is 23.4 Å². The summed E-state index contributed by atoms with van der Waals surface area (Å²) in [6.07, 6.45) is 0. The highest BCUT2D eigenvalue weighted by atomic mass is 16.7. The number of carbonyl (C=O) groups excluding carboxylic acids is 3. The van der Waals surface area contributed by atoms with Gasteiger partial charge in [0.2, 0.25) is 11.5 Å². The van der Waals surface area contributed by atoms with Gasteiger partial charge in [-0.25, -0.2) is 4.79 Å². The first-order valence-electron chi connectivity index (χ1n) is 5.31. The molecule has 1 amide bonds. The highest BCUT2D eigenvalue weighted by molar-refractivity contribution is 6.72. The molecule has 9 heteroatoms. The molecule has 0 saturated carbocycles. The van der Waals surface area contributed by atoms with Crippen LogP contribution in [0.25, 0.3) is 0 Å². The first kappa shape index (κ1) is 13.3. The number of hydrogen-bond donors (Lipinski definition) is 1. The van der Waals surface area contributed by atoms with Gasteiger partial charge in [-0.05, 0) is 6.07 Å². The first-order chi connectivity index (χ1) is 9.41. The molecule has 1 aliphatic rings. The molecule has 0 unspecified atom stereocenters. The Morgan fingerprint density at radius 2 is 2.10 bits per heavy atom. The molecule has 0 spiro atoms. The molecule has 102 valence electrons. The number of Topliss-reactive ketones (excluding diaryl/α,β-unsaturated/α-hetero) is 1. The molecule has 9 nitrogen and oxygen atoms in total. The van der Waals surface area contributed by atoms with Crippen LogP contribution >= 0.6 is 0 Å². The molecule has 0 atom stereocenters. The minimum Gasteiger partial charge on any atom is -0.318 e. The number of rotatable bonds is 2. The van der Waals surface area contributed by atoms with Gasteiger partial charge in [-0.2, -0.15) is 0 Å². The number of hydrogen-bond acceptors (Lipinski definition) is 7. The molecule has 0 fully saturated rings. The van der Waals surface area contributed by atoms with Crippen molar-refractivity contribution in [2.24, 2.45) is 5.16 Å². The van der Waals surface area contributed by atoms with Crippen molar-refractivity contribution in [2.75, 3.05) is 5.32 Å². The first-order valence-corrected chi connectivity index (χ1v) is 5.31. The number of anilines is 1. The fourth-order valence-electron chi connectivity index (χ4n) is 1.61. The van der Waals surface area contributed by atoms with Crippen LogP contribution in [0.5, 0.6) is 0 Å². The lowest BCUT2D eigenvalue weighted by molar-refractivity contribution is -0.383. The van der Waals surface area contributed by atoms with Crippen LogP contribution in [-0.4, -0.2) is 28.3 Å². The summed E-state index contributed by atoms with van der Waals surface area (Å²) in [5, 5.41) is 16.2. The van der Waals surface area contributed by atoms with Gasteiger partial charge >= 0.3 is 5.97 Å². The average Bonchev–Trinajstić information content (AvgIpc) is 2.37. The molecule has 0 bridgehead atoms. The zero-order valence-electron chi connectivity index (χ0n) is 10.1. The monoisotopic (exact) mass is 277 g/mol. The van der Waals surface area contributed by atoms with Crippen LogP contribution in [0.2, 0.25) is 0 Å². The second-order valence-corrected chi connectivity index (χ2v) is 3.76. The van der Waals surface area contributed by atoms with Crippen LogP contribution in [0.1, 0.15) is 17.3 Å². The number of benzene rings is 1. The summed E-state index contributed by atoms with van der Waals surface area (Å²) >= 11 is 0. The molecule has 1 heterocycles. The number of carbonyl (C=O) groups is 3. The maximum Gasteiger partial charge on any atom is 0.332 e. The van der Waals surface area contributed by atoms with E-state index in [0.717, 1.165) is 13.0 Å². The van der Waals surface area contributed by atoms with E-state index >= 15 is 0 Å². The number of nitro benzene ring substituents is 1. The van der Waals surface area contributed by atoms with E-state index in [9.17, 15) is 24.5 Å². The molecule has 1 N–H and O–H groups in total. The van der Waals surface area contributed by atoms with Crippen molar-refractivity contribution in [3.63, 3.8) is 0 Å². The SMILES string of the molecule is CC(=O)ON=C1C(=O)Nc2c(cccc2[N+](=O)[O-])C1=O. The summed E-state index contributed by atoms with van der Waals surface area (Å²) in [7, 11) is 0. The lowest BCUT2D eigenvalue weighted by Crippen LogP contribution is -2.36. The number of amides is 1. The van der Waals surface area contributed by atoms with E-state index in [0.29, 0.717) is 0 Å². The van der Waals surface area contributed by atoms with E-state index in [1.54, 1.807) is 0 Å². The molecular weight excluding hydrogens is 270 g/mol. The summed E-state index contributed by atoms with van der Waals surface area (Å²) in [5.74, 6) is -2.63. The molecule has 0 saturated heterocycles. The van der Waals surface area contributed by atoms with Gasteiger partial charge < -0.3 is 10.2 Å². The predicted molar refractivity (Wildman–Crippen MR) is 65.3 cm³/mol. The zero-order chi connectivity index (χ0) is 14.9. The molecule has 0 aliphatic carbocycles. The minimum atomic E-state index is -0.974. The summed E-state index contributed by atoms with van der Waals surface area (Å²) in [4.78, 5) is 48.7. The smallest absolute Gasteiger partial charge is 0.318 e. The van der Waals surface area contributed by atoms with E-state index in [2.05, 4.69) is 15.3 Å². The van der Waals surface area contributed by atoms with E-state index in [4.69, 9.17) is 0 Å². The fraction of sp³-hybridized carbons (Fsp3) is 0.0909. The van der Waals surface area contributed by atoms with Gasteiger partial charge in [0.25, 0.3) is 11.6 Å². The number of nitro groups is 1. The van der Waals surface area contributed by atoms with E-state index < -0.39 is 34.0 Å². The Hall–Kier alpha value is -3.10. The van der Waals surface area contributed by atoms with Crippen LogP contribution < -0.4 is 5.32 Å². The van der Waals surface area contributed by atoms with Gasteiger partial charge in [-0.15, -0.1) is 0 Å². The Bertz CT molecular complexity index is 679. The maximum absolute atomic E-state index is 12.0. The largest absolute Gasteiger partial charge is 0.332 e. The molecular formula is C11H7N3O6. The van der Waals surface area contributed by atoms with Gasteiger partial charge in [0.1, 0.15) is 5.69 Å². The topological polar surface area (TPSA) is 128 Å². The minimum absolute atomic E-state index is 0.0929. The van der Waals surface area contributed by atoms with Crippen molar-refractivity contribution in [3.05, 3.63) is 33.9 Å². The average molecular weight is 277 g/mol. The van der Waals surface area contributed by atoms with Gasteiger partial charge in [-0.3, -0.25) is 19.7 Å². The maximum atomic E-state index is 12.0. The van der Waals surface area contributed by atoms with E-state index in [-0.39, 0.29) is 11.3 Å². The third-order valence-electron chi connectivity index (χ3n) is 2.42. The summed E-state index contributed by atoms with van der Waals surface area (Å²) in [6.45, 7) is 1.05. The van der Waals surface area contributed by atoms with Crippen molar-refractivity contribution < 1.29 is 24.1 Å². The third-order valence-corrected chi connectivity index (χ3v) is 2.42. The van der Waals surface area contributed by atoms with Crippen LogP contribution in [0, 0.1) is 10.1 Å². The van der Waals surface area contributed by atoms with Gasteiger partial charge in [0, 0.05) is 13.0 Å². The molecule has 20 heavy (non-hydrogen) atoms. The van der Waals surface area contributed by atoms with Gasteiger partial charge in [0.05, 0.1) is 10.5 Å². The molecule has 2 rings (SSSR count). The number of nitrogens with one attached hydrogen (secondary N) is 1. The number of fused-ring (bicyclic) bond motifs is 1. The Morgan fingerprint density at radius 3 is 2.70 bits per heavy atom. The van der Waals surface area contributed by atoms with Gasteiger partial charge in [0.15, 0.2) is 0 Å². The second-order valence-electron chi connectivity index (χ2n) is 3.76. The second kappa shape index (κ2) is 4.88. The number of oxime groups is 1. The van der Waals surface area contributed by atoms with E-state index in [1.807, 2.05) is 0 Å². The fourth-order valence-corrected chi connectivity index (χ4v) is 1.61. The highest BCUT2D eigenvalue weighted by Crippen LogP contribution is 2.31. The predicted octanol–water partition coefficient (Wildman–Crippen LogP) is 0.649. The standard InChI is InChI=1S/C11H7N3O6/c1-5(15)20-13-9-10(16)6-3-2-4-7(14(18)19)8(6)12-11(9)17/h2-4H,1H3,(H,12,17). The lowest BCUT2D eigenvalue weighted by atomic mass is 9.99. The number of para-hydroxylation sites is 1.